The maximum absolute atomic E-state index is 10.4. The van der Waals surface area contributed by atoms with Crippen LogP contribution < -0.4 is 4.84 Å². The van der Waals surface area contributed by atoms with Gasteiger partial charge in [-0.2, -0.15) is 0 Å². The Balaban J connectivity index is 2.97. The lowest BCUT2D eigenvalue weighted by Crippen LogP contribution is -2.10. The number of hydrogen-bond donors (Lipinski definition) is 1. The van der Waals surface area contributed by atoms with Gasteiger partial charge in [0.25, 0.3) is 0 Å². The molecule has 0 aliphatic rings. The third-order valence-electron chi connectivity index (χ3n) is 1.11. The van der Waals surface area contributed by atoms with Crippen LogP contribution in [0.3, 0.4) is 0 Å². The van der Waals surface area contributed by atoms with Crippen molar-refractivity contribution in [3.63, 3.8) is 0 Å². The molecule has 9 heavy (non-hydrogen) atoms. The van der Waals surface area contributed by atoms with E-state index in [1.54, 1.807) is 0 Å². The average Bonchev–Trinajstić information content (AvgIpc) is 1.89. The van der Waals surface area contributed by atoms with Gasteiger partial charge in [0.2, 0.25) is 5.91 Å². The maximum Gasteiger partial charge on any atom is 0.234 e. The number of carbonyl (C=O) groups is 1. The third kappa shape index (κ3) is 5.63. The molecule has 0 saturated carbocycles. The van der Waals surface area contributed by atoms with E-state index in [9.17, 15) is 4.79 Å². The SMILES string of the molecule is CCCCCC(=O)NCl. The highest BCUT2D eigenvalue weighted by atomic mass is 35.5. The van der Waals surface area contributed by atoms with Gasteiger partial charge in [-0.05, 0) is 6.42 Å². The molecule has 0 unspecified atom stereocenters. The molecule has 0 saturated heterocycles. The minimum Gasteiger partial charge on any atom is -0.274 e. The van der Waals surface area contributed by atoms with Crippen molar-refractivity contribution >= 4 is 17.7 Å². The molecule has 0 aliphatic carbocycles. The van der Waals surface area contributed by atoms with Gasteiger partial charge in [0, 0.05) is 18.2 Å². The van der Waals surface area contributed by atoms with Crippen LogP contribution in [0, 0.1) is 0 Å². The summed E-state index contributed by atoms with van der Waals surface area (Å²) in [6.45, 7) is 2.10. The summed E-state index contributed by atoms with van der Waals surface area (Å²) in [5.41, 5.74) is 0. The predicted octanol–water partition coefficient (Wildman–Crippen LogP) is 1.84. The maximum atomic E-state index is 10.4. The fourth-order valence-corrected chi connectivity index (χ4v) is 0.677. The molecule has 0 spiro atoms. The number of hydrogen-bond acceptors (Lipinski definition) is 1. The summed E-state index contributed by atoms with van der Waals surface area (Å²) in [6.07, 6.45) is 3.73. The van der Waals surface area contributed by atoms with Crippen molar-refractivity contribution in [2.75, 3.05) is 0 Å². The molecule has 0 bridgehead atoms. The number of halogens is 1. The van der Waals surface area contributed by atoms with Crippen molar-refractivity contribution in [3.05, 3.63) is 0 Å². The largest absolute Gasteiger partial charge is 0.274 e. The molecule has 0 radical (unpaired) electrons. The van der Waals surface area contributed by atoms with E-state index in [0.717, 1.165) is 19.3 Å². The monoisotopic (exact) mass is 149 g/mol. The van der Waals surface area contributed by atoms with Crippen molar-refractivity contribution in [3.8, 4) is 0 Å². The van der Waals surface area contributed by atoms with Gasteiger partial charge in [-0.3, -0.25) is 9.63 Å². The highest BCUT2D eigenvalue weighted by Gasteiger charge is 1.95. The number of rotatable bonds is 4. The summed E-state index contributed by atoms with van der Waals surface area (Å²) in [5.74, 6) is -0.0786. The second kappa shape index (κ2) is 5.89. The fraction of sp³-hybridized carbons (Fsp3) is 0.833. The zero-order valence-electron chi connectivity index (χ0n) is 5.61. The number of carbonyl (C=O) groups excluding carboxylic acids is 1. The Kier molecular flexibility index (Phi) is 5.73. The summed E-state index contributed by atoms with van der Waals surface area (Å²) >= 11 is 5.03. The molecule has 0 rings (SSSR count). The van der Waals surface area contributed by atoms with Crippen LogP contribution in [0.15, 0.2) is 0 Å². The van der Waals surface area contributed by atoms with Crippen molar-refractivity contribution in [1.29, 1.82) is 0 Å². The van der Waals surface area contributed by atoms with Gasteiger partial charge < -0.3 is 0 Å². The summed E-state index contributed by atoms with van der Waals surface area (Å²) < 4.78 is 0. The van der Waals surface area contributed by atoms with Gasteiger partial charge in [0.1, 0.15) is 0 Å². The van der Waals surface area contributed by atoms with Crippen LogP contribution in [0.1, 0.15) is 32.6 Å². The van der Waals surface area contributed by atoms with Crippen molar-refractivity contribution < 1.29 is 4.79 Å². The third-order valence-corrected chi connectivity index (χ3v) is 1.32. The van der Waals surface area contributed by atoms with Gasteiger partial charge in [-0.15, -0.1) is 0 Å². The standard InChI is InChI=1S/C6H12ClNO/c1-2-3-4-5-6(9)8-7/h2-5H2,1H3,(H,8,9). The first-order valence-corrected chi connectivity index (χ1v) is 3.58. The quantitative estimate of drug-likeness (QED) is 0.480. The van der Waals surface area contributed by atoms with Gasteiger partial charge in [-0.25, -0.2) is 0 Å². The van der Waals surface area contributed by atoms with Crippen molar-refractivity contribution in [2.45, 2.75) is 32.6 Å². The molecule has 0 aliphatic heterocycles. The minimum absolute atomic E-state index is 0.0786. The van der Waals surface area contributed by atoms with Crippen LogP contribution in [-0.2, 0) is 4.79 Å². The molecule has 0 fully saturated rings. The van der Waals surface area contributed by atoms with E-state index < -0.39 is 0 Å². The van der Waals surface area contributed by atoms with Crippen LogP contribution in [0.25, 0.3) is 0 Å². The van der Waals surface area contributed by atoms with Crippen LogP contribution in [0.2, 0.25) is 0 Å². The highest BCUT2D eigenvalue weighted by molar-refractivity contribution is 6.21. The molecule has 1 N–H and O–H groups in total. The van der Waals surface area contributed by atoms with Crippen molar-refractivity contribution in [2.24, 2.45) is 0 Å². The first-order valence-electron chi connectivity index (χ1n) is 3.20. The minimum atomic E-state index is -0.0786. The van der Waals surface area contributed by atoms with Gasteiger partial charge in [-0.1, -0.05) is 19.8 Å². The predicted molar refractivity (Wildman–Crippen MR) is 38.1 cm³/mol. The molecule has 0 atom stereocenters. The molecule has 0 aromatic carbocycles. The zero-order valence-corrected chi connectivity index (χ0v) is 6.37. The summed E-state index contributed by atoms with van der Waals surface area (Å²) in [6, 6.07) is 0. The van der Waals surface area contributed by atoms with Crippen molar-refractivity contribution in [1.82, 2.24) is 4.84 Å². The second-order valence-corrected chi connectivity index (χ2v) is 2.16. The van der Waals surface area contributed by atoms with Crippen LogP contribution in [0.5, 0.6) is 0 Å². The number of unbranched alkanes of at least 4 members (excludes halogenated alkanes) is 2. The normalized spacial score (nSPS) is 9.11. The Bertz CT molecular complexity index is 85.1. The Morgan fingerprint density at radius 1 is 1.56 bits per heavy atom. The van der Waals surface area contributed by atoms with E-state index in [-0.39, 0.29) is 5.91 Å². The molecule has 54 valence electrons. The molecule has 0 aromatic rings. The second-order valence-electron chi connectivity index (χ2n) is 1.97. The van der Waals surface area contributed by atoms with E-state index in [0.29, 0.717) is 6.42 Å². The molecule has 3 heteroatoms. The zero-order chi connectivity index (χ0) is 7.11. The van der Waals surface area contributed by atoms with E-state index in [2.05, 4.69) is 11.8 Å². The lowest BCUT2D eigenvalue weighted by atomic mass is 10.2. The molecular weight excluding hydrogens is 138 g/mol. The number of nitrogens with one attached hydrogen (secondary N) is 1. The highest BCUT2D eigenvalue weighted by Crippen LogP contribution is 1.97. The topological polar surface area (TPSA) is 29.1 Å². The summed E-state index contributed by atoms with van der Waals surface area (Å²) in [4.78, 5) is 12.5. The fourth-order valence-electron chi connectivity index (χ4n) is 0.583. The van der Waals surface area contributed by atoms with Gasteiger partial charge in [0.15, 0.2) is 0 Å². The van der Waals surface area contributed by atoms with Gasteiger partial charge >= 0.3 is 0 Å². The molecule has 2 nitrogen and oxygen atoms in total. The Morgan fingerprint density at radius 3 is 2.67 bits per heavy atom. The molecule has 1 amide bonds. The Morgan fingerprint density at radius 2 is 2.22 bits per heavy atom. The van der Waals surface area contributed by atoms with Crippen LogP contribution in [-0.4, -0.2) is 5.91 Å². The van der Waals surface area contributed by atoms with E-state index >= 15 is 0 Å². The van der Waals surface area contributed by atoms with Crippen LogP contribution in [0.4, 0.5) is 0 Å². The van der Waals surface area contributed by atoms with Crippen LogP contribution >= 0.6 is 11.8 Å². The number of amides is 1. The average molecular weight is 150 g/mol. The van der Waals surface area contributed by atoms with Gasteiger partial charge in [0.05, 0.1) is 0 Å². The van der Waals surface area contributed by atoms with E-state index in [1.165, 1.54) is 0 Å². The Labute approximate surface area is 60.7 Å². The summed E-state index contributed by atoms with van der Waals surface area (Å²) in [7, 11) is 0. The first-order chi connectivity index (χ1) is 4.31. The molecule has 0 aromatic heterocycles. The smallest absolute Gasteiger partial charge is 0.234 e. The first kappa shape index (κ1) is 8.76. The molecule has 0 heterocycles. The van der Waals surface area contributed by atoms with E-state index in [1.807, 2.05) is 0 Å². The van der Waals surface area contributed by atoms with E-state index in [4.69, 9.17) is 11.8 Å². The summed E-state index contributed by atoms with van der Waals surface area (Å²) in [5, 5.41) is 0. The Hall–Kier alpha value is -0.240. The lowest BCUT2D eigenvalue weighted by Gasteiger charge is -1.94. The lowest BCUT2D eigenvalue weighted by molar-refractivity contribution is -0.119. The molecular formula is C6H12ClNO.